The maximum atomic E-state index is 6.20. The van der Waals surface area contributed by atoms with Crippen LogP contribution in [0.15, 0.2) is 42.5 Å². The van der Waals surface area contributed by atoms with Gasteiger partial charge in [0.15, 0.2) is 0 Å². The van der Waals surface area contributed by atoms with Crippen LogP contribution in [0.2, 0.25) is 10.0 Å². The highest BCUT2D eigenvalue weighted by Gasteiger charge is 2.29. The third-order valence-corrected chi connectivity index (χ3v) is 5.17. The molecule has 0 saturated heterocycles. The first kappa shape index (κ1) is 14.9. The molecule has 0 amide bonds. The van der Waals surface area contributed by atoms with Gasteiger partial charge in [0, 0.05) is 12.0 Å². The smallest absolute Gasteiger partial charge is 0.0595 e. The summed E-state index contributed by atoms with van der Waals surface area (Å²) < 4.78 is 0. The van der Waals surface area contributed by atoms with E-state index in [2.05, 4.69) is 49.3 Å². The van der Waals surface area contributed by atoms with Gasteiger partial charge in [0.1, 0.15) is 0 Å². The zero-order chi connectivity index (χ0) is 15.0. The van der Waals surface area contributed by atoms with E-state index in [0.717, 1.165) is 12.8 Å². The molecular weight excluding hydrogens is 301 g/mol. The second-order valence-corrected chi connectivity index (χ2v) is 6.73. The van der Waals surface area contributed by atoms with Gasteiger partial charge in [-0.15, -0.1) is 0 Å². The average molecular weight is 320 g/mol. The van der Waals surface area contributed by atoms with Crippen LogP contribution in [0.4, 0.5) is 0 Å². The lowest BCUT2D eigenvalue weighted by atomic mass is 9.76. The molecule has 2 aromatic carbocycles. The number of rotatable bonds is 2. The molecular formula is C18H19Cl2N. The van der Waals surface area contributed by atoms with Gasteiger partial charge >= 0.3 is 0 Å². The molecule has 3 rings (SSSR count). The van der Waals surface area contributed by atoms with Crippen molar-refractivity contribution >= 4 is 23.2 Å². The highest BCUT2D eigenvalue weighted by Crippen LogP contribution is 2.43. The molecule has 0 aliphatic heterocycles. The van der Waals surface area contributed by atoms with Crippen molar-refractivity contribution in [3.05, 3.63) is 69.2 Å². The van der Waals surface area contributed by atoms with Gasteiger partial charge in [0.05, 0.1) is 10.0 Å². The number of benzene rings is 2. The molecule has 0 saturated carbocycles. The molecule has 0 heterocycles. The van der Waals surface area contributed by atoms with E-state index in [4.69, 9.17) is 23.2 Å². The zero-order valence-corrected chi connectivity index (χ0v) is 13.8. The number of hydrogen-bond donors (Lipinski definition) is 0. The van der Waals surface area contributed by atoms with Crippen molar-refractivity contribution in [3.8, 4) is 0 Å². The van der Waals surface area contributed by atoms with Crippen LogP contribution in [0.5, 0.6) is 0 Å². The van der Waals surface area contributed by atoms with Crippen LogP contribution in [0.25, 0.3) is 0 Å². The van der Waals surface area contributed by atoms with Gasteiger partial charge < -0.3 is 4.90 Å². The van der Waals surface area contributed by atoms with Crippen molar-refractivity contribution in [2.75, 3.05) is 14.1 Å². The zero-order valence-electron chi connectivity index (χ0n) is 12.3. The SMILES string of the molecule is CN(C)C1CC[C@@H](c2ccc(Cl)c(Cl)c2)c2ccccc21. The van der Waals surface area contributed by atoms with E-state index >= 15 is 0 Å². The van der Waals surface area contributed by atoms with Gasteiger partial charge in [-0.25, -0.2) is 0 Å². The molecule has 0 N–H and O–H groups in total. The largest absolute Gasteiger partial charge is 0.302 e. The third-order valence-electron chi connectivity index (χ3n) is 4.43. The van der Waals surface area contributed by atoms with Gasteiger partial charge in [-0.1, -0.05) is 53.5 Å². The van der Waals surface area contributed by atoms with Crippen molar-refractivity contribution < 1.29 is 0 Å². The Morgan fingerprint density at radius 1 is 0.905 bits per heavy atom. The summed E-state index contributed by atoms with van der Waals surface area (Å²) >= 11 is 12.2. The Bertz CT molecular complexity index is 651. The topological polar surface area (TPSA) is 3.24 Å². The van der Waals surface area contributed by atoms with Gasteiger partial charge in [0.25, 0.3) is 0 Å². The molecule has 1 nitrogen and oxygen atoms in total. The summed E-state index contributed by atoms with van der Waals surface area (Å²) in [6.07, 6.45) is 2.30. The van der Waals surface area contributed by atoms with Crippen LogP contribution in [0.3, 0.4) is 0 Å². The van der Waals surface area contributed by atoms with E-state index in [1.165, 1.54) is 16.7 Å². The minimum atomic E-state index is 0.409. The van der Waals surface area contributed by atoms with Gasteiger partial charge in [-0.05, 0) is 55.8 Å². The fourth-order valence-electron chi connectivity index (χ4n) is 3.38. The summed E-state index contributed by atoms with van der Waals surface area (Å²) in [5.41, 5.74) is 4.11. The molecule has 110 valence electrons. The number of hydrogen-bond acceptors (Lipinski definition) is 1. The first-order chi connectivity index (χ1) is 10.1. The van der Waals surface area contributed by atoms with Crippen LogP contribution in [-0.2, 0) is 0 Å². The molecule has 1 unspecified atom stereocenters. The monoisotopic (exact) mass is 319 g/mol. The Kier molecular flexibility index (Phi) is 4.26. The minimum absolute atomic E-state index is 0.409. The lowest BCUT2D eigenvalue weighted by Gasteiger charge is -2.35. The fraction of sp³-hybridized carbons (Fsp3) is 0.333. The Hall–Kier alpha value is -1.02. The Labute approximate surface area is 136 Å². The minimum Gasteiger partial charge on any atom is -0.302 e. The Morgan fingerprint density at radius 2 is 1.62 bits per heavy atom. The number of fused-ring (bicyclic) bond motifs is 1. The number of nitrogens with zero attached hydrogens (tertiary/aromatic N) is 1. The summed E-state index contributed by atoms with van der Waals surface area (Å²) in [5, 5.41) is 1.26. The first-order valence-electron chi connectivity index (χ1n) is 7.28. The van der Waals surface area contributed by atoms with E-state index in [0.29, 0.717) is 22.0 Å². The Morgan fingerprint density at radius 3 is 2.29 bits per heavy atom. The molecule has 2 aromatic rings. The second kappa shape index (κ2) is 6.00. The van der Waals surface area contributed by atoms with Gasteiger partial charge in [0.2, 0.25) is 0 Å². The van der Waals surface area contributed by atoms with Crippen molar-refractivity contribution in [2.24, 2.45) is 0 Å². The molecule has 1 aliphatic carbocycles. The fourth-order valence-corrected chi connectivity index (χ4v) is 3.69. The lowest BCUT2D eigenvalue weighted by molar-refractivity contribution is 0.263. The molecule has 21 heavy (non-hydrogen) atoms. The van der Waals surface area contributed by atoms with Crippen LogP contribution < -0.4 is 0 Å². The van der Waals surface area contributed by atoms with Crippen molar-refractivity contribution in [3.63, 3.8) is 0 Å². The molecule has 3 heteroatoms. The maximum absolute atomic E-state index is 6.20. The van der Waals surface area contributed by atoms with Crippen molar-refractivity contribution in [1.29, 1.82) is 0 Å². The summed E-state index contributed by atoms with van der Waals surface area (Å²) in [4.78, 5) is 2.31. The van der Waals surface area contributed by atoms with Crippen molar-refractivity contribution in [2.45, 2.75) is 24.8 Å². The van der Waals surface area contributed by atoms with E-state index in [-0.39, 0.29) is 0 Å². The molecule has 0 fully saturated rings. The predicted octanol–water partition coefficient (Wildman–Crippen LogP) is 5.52. The van der Waals surface area contributed by atoms with Crippen LogP contribution in [0.1, 0.15) is 41.5 Å². The maximum Gasteiger partial charge on any atom is 0.0595 e. The van der Waals surface area contributed by atoms with E-state index in [9.17, 15) is 0 Å². The van der Waals surface area contributed by atoms with Crippen LogP contribution in [0, 0.1) is 0 Å². The highest BCUT2D eigenvalue weighted by molar-refractivity contribution is 6.42. The molecule has 0 radical (unpaired) electrons. The van der Waals surface area contributed by atoms with E-state index in [1.807, 2.05) is 12.1 Å². The summed E-state index contributed by atoms with van der Waals surface area (Å²) in [7, 11) is 4.31. The predicted molar refractivity (Wildman–Crippen MR) is 90.4 cm³/mol. The quantitative estimate of drug-likeness (QED) is 0.704. The molecule has 1 aliphatic rings. The van der Waals surface area contributed by atoms with Crippen LogP contribution in [-0.4, -0.2) is 19.0 Å². The molecule has 0 aromatic heterocycles. The second-order valence-electron chi connectivity index (χ2n) is 5.91. The molecule has 2 atom stereocenters. The number of halogens is 2. The Balaban J connectivity index is 2.05. The molecule has 0 spiro atoms. The highest BCUT2D eigenvalue weighted by atomic mass is 35.5. The third kappa shape index (κ3) is 2.83. The molecule has 0 bridgehead atoms. The standard InChI is InChI=1S/C18H19Cl2N/c1-21(2)18-10-8-13(14-5-3-4-6-15(14)18)12-7-9-16(19)17(20)11-12/h3-7,9,11,13,18H,8,10H2,1-2H3/t13-,18?/m0/s1. The van der Waals surface area contributed by atoms with E-state index in [1.54, 1.807) is 0 Å². The first-order valence-corrected chi connectivity index (χ1v) is 8.03. The van der Waals surface area contributed by atoms with Crippen molar-refractivity contribution in [1.82, 2.24) is 4.90 Å². The van der Waals surface area contributed by atoms with Crippen LogP contribution >= 0.6 is 23.2 Å². The summed E-state index contributed by atoms with van der Waals surface area (Å²) in [6, 6.07) is 15.3. The van der Waals surface area contributed by atoms with E-state index < -0.39 is 0 Å². The summed E-state index contributed by atoms with van der Waals surface area (Å²) in [6.45, 7) is 0. The van der Waals surface area contributed by atoms with Gasteiger partial charge in [-0.2, -0.15) is 0 Å². The lowest BCUT2D eigenvalue weighted by Crippen LogP contribution is -2.26. The van der Waals surface area contributed by atoms with Gasteiger partial charge in [-0.3, -0.25) is 0 Å². The normalized spacial score (nSPS) is 21.4. The average Bonchev–Trinajstić information content (AvgIpc) is 2.49. The summed E-state index contributed by atoms with van der Waals surface area (Å²) in [5.74, 6) is 0.409.